The molecule has 0 aromatic rings. The summed E-state index contributed by atoms with van der Waals surface area (Å²) in [5.41, 5.74) is 0.0912. The molecule has 0 aromatic heterocycles. The van der Waals surface area contributed by atoms with Crippen LogP contribution in [0.25, 0.3) is 0 Å². The zero-order valence-corrected chi connectivity index (χ0v) is 13.6. The van der Waals surface area contributed by atoms with Crippen LogP contribution in [0.15, 0.2) is 12.2 Å². The first kappa shape index (κ1) is 23.2. The molecule has 1 unspecified atom stereocenters. The quantitative estimate of drug-likeness (QED) is 0.192. The Morgan fingerprint density at radius 1 is 1.16 bits per heavy atom. The summed E-state index contributed by atoms with van der Waals surface area (Å²) in [7, 11) is -6.72. The molecule has 7 nitrogen and oxygen atoms in total. The fourth-order valence-corrected chi connectivity index (χ4v) is 1.75. The first-order valence-corrected chi connectivity index (χ1v) is 7.93. The summed E-state index contributed by atoms with van der Waals surface area (Å²) in [6.07, 6.45) is -11.4. The van der Waals surface area contributed by atoms with E-state index in [0.29, 0.717) is 0 Å². The fourth-order valence-electron chi connectivity index (χ4n) is 1.31. The summed E-state index contributed by atoms with van der Waals surface area (Å²) in [5.74, 6) is -2.53. The molecule has 0 aliphatic carbocycles. The van der Waals surface area contributed by atoms with Gasteiger partial charge in [0.15, 0.2) is 10.1 Å². The SMILES string of the molecule is C=C(C)C(=O)OCCCCC(=O)OC(C(F)(F)F)C(F)(F)S(=O)(=O)[O-]. The number of hydrogen-bond donors (Lipinski definition) is 0. The molecule has 0 saturated carbocycles. The maximum absolute atomic E-state index is 13.1. The Morgan fingerprint density at radius 3 is 2.08 bits per heavy atom. The maximum atomic E-state index is 13.1. The third kappa shape index (κ3) is 7.34. The maximum Gasteiger partial charge on any atom is 0.432 e. The zero-order chi connectivity index (χ0) is 20.1. The van der Waals surface area contributed by atoms with Crippen LogP contribution >= 0.6 is 0 Å². The Morgan fingerprint density at radius 2 is 1.68 bits per heavy atom. The average Bonchev–Trinajstić information content (AvgIpc) is 2.41. The van der Waals surface area contributed by atoms with Crippen molar-refractivity contribution in [1.82, 2.24) is 0 Å². The monoisotopic (exact) mass is 397 g/mol. The molecular formula is C12H14F5O7S-. The van der Waals surface area contributed by atoms with Gasteiger partial charge in [-0.25, -0.2) is 13.2 Å². The van der Waals surface area contributed by atoms with Crippen LogP contribution in [0.5, 0.6) is 0 Å². The molecule has 13 heteroatoms. The van der Waals surface area contributed by atoms with E-state index in [1.807, 2.05) is 0 Å². The number of ether oxygens (including phenoxy) is 2. The topological polar surface area (TPSA) is 110 Å². The minimum absolute atomic E-state index is 0.0128. The summed E-state index contributed by atoms with van der Waals surface area (Å²) < 4.78 is 103. The Hall–Kier alpha value is -1.76. The predicted molar refractivity (Wildman–Crippen MR) is 70.2 cm³/mol. The molecule has 0 bridgehead atoms. The number of alkyl halides is 5. The van der Waals surface area contributed by atoms with E-state index in [0.717, 1.165) is 0 Å². The van der Waals surface area contributed by atoms with Crippen molar-refractivity contribution in [3.8, 4) is 0 Å². The van der Waals surface area contributed by atoms with Crippen molar-refractivity contribution in [2.75, 3.05) is 6.61 Å². The van der Waals surface area contributed by atoms with Crippen molar-refractivity contribution in [2.24, 2.45) is 0 Å². The van der Waals surface area contributed by atoms with Crippen molar-refractivity contribution < 1.29 is 54.0 Å². The summed E-state index contributed by atoms with van der Waals surface area (Å²) in [5, 5.41) is -5.88. The van der Waals surface area contributed by atoms with Crippen LogP contribution in [0.4, 0.5) is 22.0 Å². The van der Waals surface area contributed by atoms with Gasteiger partial charge >= 0.3 is 23.4 Å². The Balaban J connectivity index is 4.67. The lowest BCUT2D eigenvalue weighted by atomic mass is 10.2. The Kier molecular flexibility index (Phi) is 7.96. The number of esters is 2. The predicted octanol–water partition coefficient (Wildman–Crippen LogP) is 1.89. The number of hydrogen-bond acceptors (Lipinski definition) is 7. The molecule has 0 radical (unpaired) electrons. The van der Waals surface area contributed by atoms with E-state index in [1.165, 1.54) is 6.92 Å². The van der Waals surface area contributed by atoms with E-state index < -0.39 is 46.0 Å². The van der Waals surface area contributed by atoms with Gasteiger partial charge < -0.3 is 14.0 Å². The second kappa shape index (κ2) is 8.56. The van der Waals surface area contributed by atoms with Gasteiger partial charge in [-0.15, -0.1) is 0 Å². The molecule has 0 spiro atoms. The lowest BCUT2D eigenvalue weighted by Crippen LogP contribution is -2.52. The number of halogens is 5. The lowest BCUT2D eigenvalue weighted by Gasteiger charge is -2.29. The van der Waals surface area contributed by atoms with Gasteiger partial charge in [-0.05, 0) is 19.8 Å². The highest BCUT2D eigenvalue weighted by Crippen LogP contribution is 2.38. The van der Waals surface area contributed by atoms with Crippen molar-refractivity contribution in [3.05, 3.63) is 12.2 Å². The van der Waals surface area contributed by atoms with Gasteiger partial charge in [0.1, 0.15) is 0 Å². The molecule has 0 aromatic carbocycles. The van der Waals surface area contributed by atoms with E-state index in [-0.39, 0.29) is 25.0 Å². The molecule has 0 aliphatic heterocycles. The first-order valence-electron chi connectivity index (χ1n) is 6.52. The van der Waals surface area contributed by atoms with E-state index >= 15 is 0 Å². The molecule has 0 aliphatic rings. The summed E-state index contributed by atoms with van der Waals surface area (Å²) in [6.45, 7) is 4.43. The Labute approximate surface area is 139 Å². The molecule has 0 saturated heterocycles. The number of unbranched alkanes of at least 4 members (excludes halogenated alkanes) is 1. The van der Waals surface area contributed by atoms with Gasteiger partial charge in [0, 0.05) is 12.0 Å². The van der Waals surface area contributed by atoms with Crippen molar-refractivity contribution >= 4 is 22.1 Å². The second-order valence-corrected chi connectivity index (χ2v) is 6.25. The number of rotatable bonds is 9. The average molecular weight is 397 g/mol. The summed E-state index contributed by atoms with van der Waals surface area (Å²) in [4.78, 5) is 22.2. The smallest absolute Gasteiger partial charge is 0.432 e. The van der Waals surface area contributed by atoms with Crippen LogP contribution in [0.2, 0.25) is 0 Å². The van der Waals surface area contributed by atoms with Gasteiger partial charge in [0.2, 0.25) is 0 Å². The standard InChI is InChI=1S/C12H15F5O7S/c1-7(2)9(19)23-6-4-3-5-8(18)24-10(11(13,14)15)12(16,17)25(20,21)22/h10H,1,3-6H2,2H3,(H,20,21,22)/p-1. The van der Waals surface area contributed by atoms with Crippen LogP contribution in [-0.4, -0.2) is 49.1 Å². The number of carbonyl (C=O) groups excluding carboxylic acids is 2. The summed E-state index contributed by atoms with van der Waals surface area (Å²) >= 11 is 0. The number of carbonyl (C=O) groups is 2. The second-order valence-electron chi connectivity index (χ2n) is 4.80. The third-order valence-electron chi connectivity index (χ3n) is 2.54. The minimum Gasteiger partial charge on any atom is -0.743 e. The van der Waals surface area contributed by atoms with Gasteiger partial charge in [-0.3, -0.25) is 4.79 Å². The van der Waals surface area contributed by atoms with E-state index in [1.54, 1.807) is 0 Å². The molecule has 25 heavy (non-hydrogen) atoms. The van der Waals surface area contributed by atoms with E-state index in [4.69, 9.17) is 0 Å². The van der Waals surface area contributed by atoms with Crippen LogP contribution in [0, 0.1) is 0 Å². The third-order valence-corrected chi connectivity index (χ3v) is 3.42. The van der Waals surface area contributed by atoms with Crippen LogP contribution in [0.3, 0.4) is 0 Å². The highest BCUT2D eigenvalue weighted by atomic mass is 32.2. The van der Waals surface area contributed by atoms with Gasteiger partial charge in [-0.2, -0.15) is 22.0 Å². The van der Waals surface area contributed by atoms with Gasteiger partial charge in [-0.1, -0.05) is 6.58 Å². The van der Waals surface area contributed by atoms with Crippen LogP contribution in [0.1, 0.15) is 26.2 Å². The molecule has 146 valence electrons. The van der Waals surface area contributed by atoms with Crippen molar-refractivity contribution in [3.63, 3.8) is 0 Å². The molecule has 0 fully saturated rings. The normalized spacial score (nSPS) is 13.9. The van der Waals surface area contributed by atoms with Gasteiger partial charge in [0.05, 0.1) is 6.61 Å². The lowest BCUT2D eigenvalue weighted by molar-refractivity contribution is -0.259. The highest BCUT2D eigenvalue weighted by Gasteiger charge is 2.62. The minimum atomic E-state index is -6.72. The molecule has 0 rings (SSSR count). The molecule has 0 amide bonds. The fraction of sp³-hybridized carbons (Fsp3) is 0.667. The van der Waals surface area contributed by atoms with Crippen molar-refractivity contribution in [2.45, 2.75) is 43.7 Å². The van der Waals surface area contributed by atoms with Gasteiger partial charge in [0.25, 0.3) is 6.10 Å². The molecular weight excluding hydrogens is 383 g/mol. The van der Waals surface area contributed by atoms with Crippen molar-refractivity contribution in [1.29, 1.82) is 0 Å². The summed E-state index contributed by atoms with van der Waals surface area (Å²) in [6, 6.07) is 0. The highest BCUT2D eigenvalue weighted by molar-refractivity contribution is 7.86. The first-order chi connectivity index (χ1) is 11.1. The van der Waals surface area contributed by atoms with E-state index in [2.05, 4.69) is 16.1 Å². The largest absolute Gasteiger partial charge is 0.743 e. The van der Waals surface area contributed by atoms with E-state index in [9.17, 15) is 44.5 Å². The molecule has 0 heterocycles. The Bertz CT molecular complexity index is 612. The zero-order valence-electron chi connectivity index (χ0n) is 12.8. The van der Waals surface area contributed by atoms with Crippen LogP contribution < -0.4 is 0 Å². The molecule has 0 N–H and O–H groups in total. The molecule has 1 atom stereocenters. The van der Waals surface area contributed by atoms with Crippen LogP contribution in [-0.2, 0) is 29.2 Å².